The molecule has 5 rings (SSSR count). The fourth-order valence-electron chi connectivity index (χ4n) is 5.07. The van der Waals surface area contributed by atoms with Crippen molar-refractivity contribution in [3.63, 3.8) is 0 Å². The summed E-state index contributed by atoms with van der Waals surface area (Å²) < 4.78 is 36.2. The third-order valence-corrected chi connectivity index (χ3v) is 8.86. The van der Waals surface area contributed by atoms with E-state index in [9.17, 15) is 18.3 Å². The number of unbranched alkanes of at least 4 members (excludes halogenated alkanes) is 1. The number of nitrogens with one attached hydrogen (secondary N) is 1. The highest BCUT2D eigenvalue weighted by molar-refractivity contribution is 7.91. The molecule has 1 saturated heterocycles. The summed E-state index contributed by atoms with van der Waals surface area (Å²) in [7, 11) is -1.71. The van der Waals surface area contributed by atoms with E-state index in [4.69, 9.17) is 21.1 Å². The van der Waals surface area contributed by atoms with Gasteiger partial charge in [-0.15, -0.1) is 0 Å². The molecule has 37 heavy (non-hydrogen) atoms. The largest absolute Gasteiger partial charge is 0.507 e. The van der Waals surface area contributed by atoms with E-state index >= 15 is 0 Å². The summed E-state index contributed by atoms with van der Waals surface area (Å²) in [6.07, 6.45) is 2.23. The first-order chi connectivity index (χ1) is 17.7. The molecule has 1 fully saturated rings. The molecule has 3 heterocycles. The van der Waals surface area contributed by atoms with Gasteiger partial charge in [-0.3, -0.25) is 9.89 Å². The number of aromatic hydroxyl groups is 1. The normalized spacial score (nSPS) is 20.3. The Morgan fingerprint density at radius 1 is 1.22 bits per heavy atom. The smallest absolute Gasteiger partial charge is 0.273 e. The second-order valence-corrected chi connectivity index (χ2v) is 12.0. The molecule has 2 atom stereocenters. The van der Waals surface area contributed by atoms with Gasteiger partial charge in [0, 0.05) is 22.2 Å². The van der Waals surface area contributed by atoms with E-state index in [1.54, 1.807) is 36.3 Å². The van der Waals surface area contributed by atoms with E-state index in [2.05, 4.69) is 17.1 Å². The second kappa shape index (κ2) is 9.90. The minimum absolute atomic E-state index is 0.0236. The number of carbonyl (C=O) groups is 1. The fourth-order valence-corrected chi connectivity index (χ4v) is 6.95. The molecule has 2 aliphatic rings. The van der Waals surface area contributed by atoms with Gasteiger partial charge < -0.3 is 19.5 Å². The molecule has 0 bridgehead atoms. The van der Waals surface area contributed by atoms with Crippen LogP contribution in [0.1, 0.15) is 53.8 Å². The van der Waals surface area contributed by atoms with Gasteiger partial charge in [-0.05, 0) is 48.7 Å². The molecule has 1 amide bonds. The zero-order valence-electron chi connectivity index (χ0n) is 20.5. The summed E-state index contributed by atoms with van der Waals surface area (Å²) in [6.45, 7) is 2.63. The highest BCUT2D eigenvalue weighted by Crippen LogP contribution is 2.48. The van der Waals surface area contributed by atoms with Gasteiger partial charge in [0.05, 0.1) is 31.3 Å². The fraction of sp³-hybridized carbons (Fsp3) is 0.385. The third kappa shape index (κ3) is 4.64. The number of aromatic nitrogens is 2. The van der Waals surface area contributed by atoms with Crippen molar-refractivity contribution in [3.05, 3.63) is 58.2 Å². The summed E-state index contributed by atoms with van der Waals surface area (Å²) in [4.78, 5) is 15.3. The molecular formula is C26H28ClN3O6S. The van der Waals surface area contributed by atoms with Gasteiger partial charge in [-0.1, -0.05) is 31.0 Å². The Kier molecular flexibility index (Phi) is 6.80. The molecule has 0 radical (unpaired) electrons. The summed E-state index contributed by atoms with van der Waals surface area (Å²) in [5.41, 5.74) is 2.26. The van der Waals surface area contributed by atoms with Crippen LogP contribution in [0.5, 0.6) is 17.2 Å². The molecule has 0 aliphatic carbocycles. The lowest BCUT2D eigenvalue weighted by molar-refractivity contribution is 0.0677. The van der Waals surface area contributed by atoms with E-state index in [-0.39, 0.29) is 28.9 Å². The van der Waals surface area contributed by atoms with Crippen LogP contribution in [0.15, 0.2) is 36.4 Å². The number of hydrogen-bond acceptors (Lipinski definition) is 7. The van der Waals surface area contributed by atoms with Gasteiger partial charge in [0.15, 0.2) is 21.3 Å². The lowest BCUT2D eigenvalue weighted by Crippen LogP contribution is -2.40. The minimum atomic E-state index is -3.26. The van der Waals surface area contributed by atoms with Crippen molar-refractivity contribution in [1.29, 1.82) is 0 Å². The molecule has 196 valence electrons. The maximum Gasteiger partial charge on any atom is 0.273 e. The average molecular weight is 546 g/mol. The molecule has 2 N–H and O–H groups in total. The van der Waals surface area contributed by atoms with Crippen LogP contribution in [0.3, 0.4) is 0 Å². The molecule has 0 saturated carbocycles. The van der Waals surface area contributed by atoms with Crippen molar-refractivity contribution in [1.82, 2.24) is 15.1 Å². The van der Waals surface area contributed by atoms with Crippen molar-refractivity contribution in [3.8, 4) is 28.5 Å². The number of phenolic OH excluding ortho intramolecular Hbond substituents is 1. The molecule has 11 heteroatoms. The Hall–Kier alpha value is -3.24. The van der Waals surface area contributed by atoms with E-state index in [1.165, 1.54) is 6.07 Å². The number of halogens is 1. The second-order valence-electron chi connectivity index (χ2n) is 9.31. The number of carbonyl (C=O) groups excluding carboxylic acids is 1. The first-order valence-corrected chi connectivity index (χ1v) is 14.3. The van der Waals surface area contributed by atoms with Crippen LogP contribution in [-0.2, 0) is 9.84 Å². The predicted octanol–water partition coefficient (Wildman–Crippen LogP) is 4.36. The SMILES string of the molecule is CCCCOc1ccc(C2c3c(-c4cc(Cl)ccc4O)n[nH]c3C(=O)N2C2CCS(=O)(=O)C2)cc1OC. The number of amides is 1. The number of sulfone groups is 1. The molecule has 2 aromatic carbocycles. The van der Waals surface area contributed by atoms with E-state index in [0.29, 0.717) is 51.9 Å². The first-order valence-electron chi connectivity index (χ1n) is 12.1. The molecule has 0 spiro atoms. The summed E-state index contributed by atoms with van der Waals surface area (Å²) in [5, 5.41) is 18.2. The van der Waals surface area contributed by atoms with Crippen molar-refractivity contribution in [2.45, 2.75) is 38.3 Å². The molecule has 3 aromatic rings. The van der Waals surface area contributed by atoms with Crippen molar-refractivity contribution in [2.75, 3.05) is 25.2 Å². The minimum Gasteiger partial charge on any atom is -0.507 e. The monoisotopic (exact) mass is 545 g/mol. The molecule has 9 nitrogen and oxygen atoms in total. The number of rotatable bonds is 8. The Morgan fingerprint density at radius 3 is 2.73 bits per heavy atom. The highest BCUT2D eigenvalue weighted by Gasteiger charge is 2.48. The van der Waals surface area contributed by atoms with E-state index < -0.39 is 21.9 Å². The molecule has 2 unspecified atom stereocenters. The number of fused-ring (bicyclic) bond motifs is 1. The van der Waals surface area contributed by atoms with Gasteiger partial charge >= 0.3 is 0 Å². The molecular weight excluding hydrogens is 518 g/mol. The summed E-state index contributed by atoms with van der Waals surface area (Å²) in [6, 6.07) is 8.91. The van der Waals surface area contributed by atoms with Crippen LogP contribution in [0.2, 0.25) is 5.02 Å². The zero-order valence-corrected chi connectivity index (χ0v) is 22.1. The summed E-state index contributed by atoms with van der Waals surface area (Å²) in [5.74, 6) is 0.618. The average Bonchev–Trinajstić information content (AvgIpc) is 3.54. The maximum atomic E-state index is 13.7. The number of nitrogens with zero attached hydrogens (tertiary/aromatic N) is 2. The number of phenols is 1. The molecule has 2 aliphatic heterocycles. The van der Waals surface area contributed by atoms with Gasteiger partial charge in [0.1, 0.15) is 17.1 Å². The number of H-pyrrole nitrogens is 1. The van der Waals surface area contributed by atoms with Crippen LogP contribution in [0.4, 0.5) is 0 Å². The number of ether oxygens (including phenoxy) is 2. The predicted molar refractivity (Wildman–Crippen MR) is 139 cm³/mol. The van der Waals surface area contributed by atoms with Gasteiger partial charge in [-0.25, -0.2) is 8.42 Å². The summed E-state index contributed by atoms with van der Waals surface area (Å²) >= 11 is 6.22. The number of hydrogen-bond donors (Lipinski definition) is 2. The molecule has 1 aromatic heterocycles. The Labute approximate surface area is 220 Å². The van der Waals surface area contributed by atoms with Gasteiger partial charge in [-0.2, -0.15) is 5.10 Å². The topological polar surface area (TPSA) is 122 Å². The van der Waals surface area contributed by atoms with E-state index in [1.807, 2.05) is 6.07 Å². The van der Waals surface area contributed by atoms with E-state index in [0.717, 1.165) is 12.8 Å². The standard InChI is InChI=1S/C26H28ClN3O6S/c1-3-4-10-36-20-8-5-15(12-21(20)35-2)25-22-23(18-13-16(27)6-7-19(18)31)28-29-24(22)26(32)30(25)17-9-11-37(33,34)14-17/h5-8,12-13,17,25,31H,3-4,9-11,14H2,1-2H3,(H,28,29). The van der Waals surface area contributed by atoms with Crippen LogP contribution < -0.4 is 9.47 Å². The Morgan fingerprint density at radius 2 is 2.03 bits per heavy atom. The zero-order chi connectivity index (χ0) is 26.3. The van der Waals surface area contributed by atoms with Gasteiger partial charge in [0.2, 0.25) is 0 Å². The highest BCUT2D eigenvalue weighted by atomic mass is 35.5. The lowest BCUT2D eigenvalue weighted by atomic mass is 9.94. The lowest BCUT2D eigenvalue weighted by Gasteiger charge is -2.31. The van der Waals surface area contributed by atoms with Crippen LogP contribution in [-0.4, -0.2) is 65.8 Å². The van der Waals surface area contributed by atoms with Crippen molar-refractivity contribution < 1.29 is 27.8 Å². The van der Waals surface area contributed by atoms with Crippen molar-refractivity contribution >= 4 is 27.3 Å². The van der Waals surface area contributed by atoms with Crippen LogP contribution in [0.25, 0.3) is 11.3 Å². The quantitative estimate of drug-likeness (QED) is 0.403. The van der Waals surface area contributed by atoms with Gasteiger partial charge in [0.25, 0.3) is 5.91 Å². The van der Waals surface area contributed by atoms with Crippen LogP contribution >= 0.6 is 11.6 Å². The maximum absolute atomic E-state index is 13.7. The Bertz CT molecular complexity index is 1450. The van der Waals surface area contributed by atoms with Crippen molar-refractivity contribution in [2.24, 2.45) is 0 Å². The number of aromatic amines is 1. The van der Waals surface area contributed by atoms with Crippen LogP contribution in [0, 0.1) is 0 Å². The first kappa shape index (κ1) is 25.4. The third-order valence-electron chi connectivity index (χ3n) is 6.88. The Balaban J connectivity index is 1.65. The number of methoxy groups -OCH3 is 1. The number of benzene rings is 2.